The lowest BCUT2D eigenvalue weighted by Gasteiger charge is -2.34. The Balaban J connectivity index is 1.50. The van der Waals surface area contributed by atoms with E-state index < -0.39 is 0 Å². The summed E-state index contributed by atoms with van der Waals surface area (Å²) in [5.41, 5.74) is 2.85. The van der Waals surface area contributed by atoms with Gasteiger partial charge in [0.25, 0.3) is 5.56 Å². The number of likely N-dealkylation sites (tertiary alicyclic amines) is 1. The van der Waals surface area contributed by atoms with Gasteiger partial charge in [0.15, 0.2) is 0 Å². The van der Waals surface area contributed by atoms with Crippen molar-refractivity contribution in [3.63, 3.8) is 0 Å². The minimum absolute atomic E-state index is 0.0581. The quantitative estimate of drug-likeness (QED) is 0.557. The van der Waals surface area contributed by atoms with Crippen LogP contribution in [0.4, 0.5) is 0 Å². The van der Waals surface area contributed by atoms with E-state index in [1.54, 1.807) is 11.3 Å². The third-order valence-corrected chi connectivity index (χ3v) is 6.69. The third kappa shape index (κ3) is 3.12. The SMILES string of the molecule is Cc1cccc2c(=O)[nH]c(CN3CCCC[C@H]3c3nc4ccccc4s3)nc12. The topological polar surface area (TPSA) is 61.9 Å². The molecule has 4 aromatic rings. The highest BCUT2D eigenvalue weighted by molar-refractivity contribution is 7.18. The fourth-order valence-electron chi connectivity index (χ4n) is 4.11. The first-order valence-electron chi connectivity index (χ1n) is 9.77. The van der Waals surface area contributed by atoms with Crippen LogP contribution in [-0.4, -0.2) is 26.4 Å². The van der Waals surface area contributed by atoms with Gasteiger partial charge in [-0.05, 0) is 50.1 Å². The number of rotatable bonds is 3. The first-order chi connectivity index (χ1) is 13.7. The van der Waals surface area contributed by atoms with Gasteiger partial charge in [-0.1, -0.05) is 30.7 Å². The summed E-state index contributed by atoms with van der Waals surface area (Å²) in [6.07, 6.45) is 3.47. The van der Waals surface area contributed by atoms with Gasteiger partial charge in [0.1, 0.15) is 10.8 Å². The fraction of sp³-hybridized carbons (Fsp3) is 0.318. The Labute approximate surface area is 167 Å². The fourth-order valence-corrected chi connectivity index (χ4v) is 5.25. The first kappa shape index (κ1) is 17.5. The van der Waals surface area contributed by atoms with E-state index in [2.05, 4.69) is 28.1 Å². The molecule has 2 aromatic heterocycles. The maximum atomic E-state index is 12.5. The first-order valence-corrected chi connectivity index (χ1v) is 10.6. The molecular weight excluding hydrogens is 368 g/mol. The van der Waals surface area contributed by atoms with Crippen molar-refractivity contribution in [3.8, 4) is 0 Å². The number of piperidine rings is 1. The van der Waals surface area contributed by atoms with Crippen molar-refractivity contribution in [2.24, 2.45) is 0 Å². The summed E-state index contributed by atoms with van der Waals surface area (Å²) < 4.78 is 1.23. The molecule has 1 aliphatic rings. The standard InChI is InChI=1S/C22H22N4OS/c1-14-7-6-8-15-20(14)24-19(25-21(15)27)13-26-12-5-4-10-17(26)22-23-16-9-2-3-11-18(16)28-22/h2-3,6-9,11,17H,4-5,10,12-13H2,1H3,(H,24,25,27)/t17-/m0/s1. The van der Waals surface area contributed by atoms with Crippen LogP contribution in [0.25, 0.3) is 21.1 Å². The second-order valence-corrected chi connectivity index (χ2v) is 8.55. The van der Waals surface area contributed by atoms with E-state index in [1.165, 1.54) is 16.1 Å². The van der Waals surface area contributed by atoms with Gasteiger partial charge in [0, 0.05) is 0 Å². The molecule has 1 aliphatic heterocycles. The predicted molar refractivity (Wildman–Crippen MR) is 114 cm³/mol. The highest BCUT2D eigenvalue weighted by Crippen LogP contribution is 2.36. The number of benzene rings is 2. The average Bonchev–Trinajstić information content (AvgIpc) is 3.13. The number of aromatic amines is 1. The molecule has 5 nitrogen and oxygen atoms in total. The number of H-pyrrole nitrogens is 1. The number of nitrogens with zero attached hydrogens (tertiary/aromatic N) is 3. The summed E-state index contributed by atoms with van der Waals surface area (Å²) in [4.78, 5) is 27.6. The van der Waals surface area contributed by atoms with Gasteiger partial charge in [-0.3, -0.25) is 9.69 Å². The van der Waals surface area contributed by atoms with Gasteiger partial charge >= 0.3 is 0 Å². The third-order valence-electron chi connectivity index (χ3n) is 5.55. The molecule has 28 heavy (non-hydrogen) atoms. The van der Waals surface area contributed by atoms with Crippen molar-refractivity contribution in [3.05, 3.63) is 69.2 Å². The predicted octanol–water partition coefficient (Wildman–Crippen LogP) is 4.57. The number of thiazole rings is 1. The molecule has 2 aromatic carbocycles. The number of fused-ring (bicyclic) bond motifs is 2. The van der Waals surface area contributed by atoms with Crippen LogP contribution in [0.5, 0.6) is 0 Å². The Morgan fingerprint density at radius 1 is 1.14 bits per heavy atom. The number of hydrogen-bond acceptors (Lipinski definition) is 5. The molecule has 1 atom stereocenters. The molecule has 0 bridgehead atoms. The van der Waals surface area contributed by atoms with E-state index in [4.69, 9.17) is 9.97 Å². The smallest absolute Gasteiger partial charge is 0.258 e. The van der Waals surface area contributed by atoms with Crippen LogP contribution in [0.3, 0.4) is 0 Å². The molecule has 3 heterocycles. The number of aryl methyl sites for hydroxylation is 1. The number of nitrogens with one attached hydrogen (secondary N) is 1. The Hall–Kier alpha value is -2.57. The zero-order valence-corrected chi connectivity index (χ0v) is 16.6. The zero-order chi connectivity index (χ0) is 19.1. The molecule has 0 unspecified atom stereocenters. The van der Waals surface area contributed by atoms with Crippen LogP contribution in [0, 0.1) is 6.92 Å². The van der Waals surface area contributed by atoms with Crippen LogP contribution in [0.1, 0.15) is 41.7 Å². The van der Waals surface area contributed by atoms with E-state index in [-0.39, 0.29) is 11.6 Å². The zero-order valence-electron chi connectivity index (χ0n) is 15.8. The molecule has 1 fully saturated rings. The van der Waals surface area contributed by atoms with E-state index in [9.17, 15) is 4.79 Å². The summed E-state index contributed by atoms with van der Waals surface area (Å²) in [5, 5.41) is 1.82. The Morgan fingerprint density at radius 2 is 2.04 bits per heavy atom. The van der Waals surface area contributed by atoms with Gasteiger partial charge in [-0.2, -0.15) is 0 Å². The second kappa shape index (κ2) is 7.11. The summed E-state index contributed by atoms with van der Waals surface area (Å²) in [6, 6.07) is 14.3. The molecule has 0 spiro atoms. The molecule has 6 heteroatoms. The second-order valence-electron chi connectivity index (χ2n) is 7.49. The summed E-state index contributed by atoms with van der Waals surface area (Å²) in [7, 11) is 0. The van der Waals surface area contributed by atoms with Crippen molar-refractivity contribution >= 4 is 32.5 Å². The van der Waals surface area contributed by atoms with Crippen molar-refractivity contribution in [2.75, 3.05) is 6.54 Å². The van der Waals surface area contributed by atoms with Crippen molar-refractivity contribution < 1.29 is 0 Å². The normalized spacial score (nSPS) is 18.1. The maximum absolute atomic E-state index is 12.5. The minimum Gasteiger partial charge on any atom is -0.309 e. The lowest BCUT2D eigenvalue weighted by Crippen LogP contribution is -2.34. The summed E-state index contributed by atoms with van der Waals surface area (Å²) >= 11 is 1.78. The van der Waals surface area contributed by atoms with Crippen LogP contribution in [0.2, 0.25) is 0 Å². The van der Waals surface area contributed by atoms with Crippen LogP contribution < -0.4 is 5.56 Å². The molecular formula is C22H22N4OS. The number of para-hydroxylation sites is 2. The van der Waals surface area contributed by atoms with Gasteiger partial charge in [-0.25, -0.2) is 9.97 Å². The van der Waals surface area contributed by atoms with E-state index in [1.807, 2.05) is 31.2 Å². The van der Waals surface area contributed by atoms with Crippen molar-refractivity contribution in [1.29, 1.82) is 0 Å². The largest absolute Gasteiger partial charge is 0.309 e. The Kier molecular flexibility index (Phi) is 4.45. The molecule has 0 amide bonds. The Bertz CT molecular complexity index is 1180. The van der Waals surface area contributed by atoms with Crippen LogP contribution in [-0.2, 0) is 6.54 Å². The van der Waals surface area contributed by atoms with Crippen LogP contribution in [0.15, 0.2) is 47.3 Å². The highest BCUT2D eigenvalue weighted by Gasteiger charge is 2.27. The molecule has 5 rings (SSSR count). The van der Waals surface area contributed by atoms with Gasteiger partial charge in [-0.15, -0.1) is 11.3 Å². The lowest BCUT2D eigenvalue weighted by molar-refractivity contribution is 0.137. The molecule has 0 radical (unpaired) electrons. The van der Waals surface area contributed by atoms with E-state index in [0.29, 0.717) is 11.9 Å². The molecule has 1 N–H and O–H groups in total. The molecule has 1 saturated heterocycles. The number of aromatic nitrogens is 3. The molecule has 142 valence electrons. The van der Waals surface area contributed by atoms with Crippen molar-refractivity contribution in [2.45, 2.75) is 38.8 Å². The van der Waals surface area contributed by atoms with Gasteiger partial charge < -0.3 is 4.98 Å². The van der Waals surface area contributed by atoms with Gasteiger partial charge in [0.05, 0.1) is 33.7 Å². The van der Waals surface area contributed by atoms with E-state index >= 15 is 0 Å². The van der Waals surface area contributed by atoms with E-state index in [0.717, 1.165) is 41.8 Å². The average molecular weight is 391 g/mol. The maximum Gasteiger partial charge on any atom is 0.258 e. The lowest BCUT2D eigenvalue weighted by atomic mass is 10.0. The minimum atomic E-state index is -0.0581. The molecule has 0 saturated carbocycles. The number of hydrogen-bond donors (Lipinski definition) is 1. The summed E-state index contributed by atoms with van der Waals surface area (Å²) in [6.45, 7) is 3.64. The summed E-state index contributed by atoms with van der Waals surface area (Å²) in [5.74, 6) is 0.736. The monoisotopic (exact) mass is 390 g/mol. The highest BCUT2D eigenvalue weighted by atomic mass is 32.1. The molecule has 0 aliphatic carbocycles. The Morgan fingerprint density at radius 3 is 2.93 bits per heavy atom. The van der Waals surface area contributed by atoms with Crippen LogP contribution >= 0.6 is 11.3 Å². The van der Waals surface area contributed by atoms with Crippen molar-refractivity contribution in [1.82, 2.24) is 19.9 Å². The van der Waals surface area contributed by atoms with Gasteiger partial charge in [0.2, 0.25) is 0 Å².